The van der Waals surface area contributed by atoms with Gasteiger partial charge in [-0.2, -0.15) is 0 Å². The summed E-state index contributed by atoms with van der Waals surface area (Å²) in [6.45, 7) is 3.08. The van der Waals surface area contributed by atoms with Gasteiger partial charge in [-0.1, -0.05) is 0 Å². The summed E-state index contributed by atoms with van der Waals surface area (Å²) < 4.78 is 33.4. The van der Waals surface area contributed by atoms with Crippen LogP contribution in [0.4, 0.5) is 0 Å². The first-order valence-electron chi connectivity index (χ1n) is 7.47. The number of methoxy groups -OCH3 is 1. The molecule has 1 saturated heterocycles. The van der Waals surface area contributed by atoms with Crippen LogP contribution in [0, 0.1) is 0 Å². The van der Waals surface area contributed by atoms with Crippen LogP contribution >= 0.6 is 7.82 Å². The minimum Gasteiger partial charge on any atom is -0.374 e. The Labute approximate surface area is 142 Å². The number of aromatic amines is 1. The lowest BCUT2D eigenvalue weighted by molar-refractivity contribution is -0.0840. The van der Waals surface area contributed by atoms with Crippen molar-refractivity contribution in [3.8, 4) is 0 Å². The van der Waals surface area contributed by atoms with E-state index in [1.165, 1.54) is 13.3 Å². The highest BCUT2D eigenvalue weighted by molar-refractivity contribution is 7.46. The summed E-state index contributed by atoms with van der Waals surface area (Å²) in [6.07, 6.45) is -2.38. The van der Waals surface area contributed by atoms with Crippen LogP contribution in [-0.4, -0.2) is 57.5 Å². The van der Waals surface area contributed by atoms with Gasteiger partial charge in [0.05, 0.1) is 12.7 Å². The number of hydrogen-bond donors (Lipinski definition) is 3. The Morgan fingerprint density at radius 1 is 1.36 bits per heavy atom. The molecule has 0 aromatic carbocycles. The quantitative estimate of drug-likeness (QED) is 0.525. The van der Waals surface area contributed by atoms with Crippen molar-refractivity contribution < 1.29 is 33.1 Å². The van der Waals surface area contributed by atoms with Gasteiger partial charge in [0.25, 0.3) is 5.56 Å². The van der Waals surface area contributed by atoms with Gasteiger partial charge in [-0.3, -0.25) is 18.9 Å². The second-order valence-electron chi connectivity index (χ2n) is 5.72. The molecule has 4 atom stereocenters. The van der Waals surface area contributed by atoms with Crippen LogP contribution in [0.3, 0.4) is 0 Å². The predicted octanol–water partition coefficient (Wildman–Crippen LogP) is -0.648. The first-order chi connectivity index (χ1) is 11.6. The molecule has 0 bridgehead atoms. The molecule has 3 N–H and O–H groups in total. The molecule has 0 amide bonds. The number of phosphoric ester groups is 1. The summed E-state index contributed by atoms with van der Waals surface area (Å²) in [5.74, 6) is 0. The van der Waals surface area contributed by atoms with Crippen molar-refractivity contribution in [1.82, 2.24) is 9.55 Å². The van der Waals surface area contributed by atoms with Crippen molar-refractivity contribution in [3.63, 3.8) is 0 Å². The van der Waals surface area contributed by atoms with E-state index in [0.717, 1.165) is 10.6 Å². The molecule has 25 heavy (non-hydrogen) atoms. The highest BCUT2D eigenvalue weighted by Crippen LogP contribution is 2.39. The van der Waals surface area contributed by atoms with E-state index in [1.54, 1.807) is 13.8 Å². The zero-order valence-electron chi connectivity index (χ0n) is 13.9. The molecule has 2 heterocycles. The molecule has 142 valence electrons. The van der Waals surface area contributed by atoms with Crippen LogP contribution in [0.2, 0.25) is 0 Å². The van der Waals surface area contributed by atoms with Gasteiger partial charge in [0.15, 0.2) is 6.23 Å². The molecule has 12 heteroatoms. The Morgan fingerprint density at radius 2 is 2.04 bits per heavy atom. The summed E-state index contributed by atoms with van der Waals surface area (Å²) in [6, 6.07) is 1.15. The molecule has 0 saturated carbocycles. The first kappa shape index (κ1) is 20.0. The normalized spacial score (nSPS) is 27.1. The standard InChI is InChI=1S/C13H21N2O9P/c1-7(2)23-10-8(6-22-25(18,19)20)24-12(11(10)21-3)15-5-4-9(16)14-13(15)17/h4-5,7-8,10-12H,6H2,1-3H3,(H,14,16,17)(H2,18,19,20). The summed E-state index contributed by atoms with van der Waals surface area (Å²) in [5, 5.41) is 0. The molecule has 1 aromatic rings. The van der Waals surface area contributed by atoms with Crippen molar-refractivity contribution in [2.45, 2.75) is 44.5 Å². The Kier molecular flexibility index (Phi) is 6.33. The van der Waals surface area contributed by atoms with Crippen molar-refractivity contribution in [1.29, 1.82) is 0 Å². The molecular weight excluding hydrogens is 359 g/mol. The average molecular weight is 380 g/mol. The fourth-order valence-electron chi connectivity index (χ4n) is 2.59. The SMILES string of the molecule is COC1C(OC(C)C)C(COP(=O)(O)O)OC1n1ccc(=O)[nH]c1=O. The van der Waals surface area contributed by atoms with Gasteiger partial charge < -0.3 is 24.0 Å². The molecule has 1 aliphatic rings. The van der Waals surface area contributed by atoms with Crippen molar-refractivity contribution in [2.24, 2.45) is 0 Å². The molecule has 0 spiro atoms. The Morgan fingerprint density at radius 3 is 2.56 bits per heavy atom. The number of hydrogen-bond acceptors (Lipinski definition) is 7. The van der Waals surface area contributed by atoms with Gasteiger partial charge in [-0.05, 0) is 13.8 Å². The Hall–Kier alpha value is -1.33. The molecule has 0 radical (unpaired) electrons. The molecular formula is C13H21N2O9P. The van der Waals surface area contributed by atoms with Crippen LogP contribution < -0.4 is 11.2 Å². The highest BCUT2D eigenvalue weighted by Gasteiger charge is 2.48. The smallest absolute Gasteiger partial charge is 0.374 e. The van der Waals surface area contributed by atoms with Gasteiger partial charge in [0, 0.05) is 19.4 Å². The molecule has 11 nitrogen and oxygen atoms in total. The van der Waals surface area contributed by atoms with E-state index in [9.17, 15) is 14.2 Å². The van der Waals surface area contributed by atoms with Gasteiger partial charge in [-0.15, -0.1) is 0 Å². The number of aromatic nitrogens is 2. The number of nitrogens with one attached hydrogen (secondary N) is 1. The summed E-state index contributed by atoms with van der Waals surface area (Å²) >= 11 is 0. The second-order valence-corrected chi connectivity index (χ2v) is 6.96. The number of rotatable bonds is 7. The maximum absolute atomic E-state index is 12.0. The fraction of sp³-hybridized carbons (Fsp3) is 0.692. The topological polar surface area (TPSA) is 149 Å². The number of H-pyrrole nitrogens is 1. The van der Waals surface area contributed by atoms with E-state index in [-0.39, 0.29) is 6.10 Å². The second kappa shape index (κ2) is 7.92. The number of ether oxygens (including phenoxy) is 3. The summed E-state index contributed by atoms with van der Waals surface area (Å²) in [5.41, 5.74) is -1.27. The lowest BCUT2D eigenvalue weighted by Gasteiger charge is -2.25. The average Bonchev–Trinajstić information content (AvgIpc) is 2.81. The van der Waals surface area contributed by atoms with Gasteiger partial charge >= 0.3 is 13.5 Å². The lowest BCUT2D eigenvalue weighted by atomic mass is 10.1. The maximum Gasteiger partial charge on any atom is 0.469 e. The molecule has 2 rings (SSSR count). The van der Waals surface area contributed by atoms with Crippen molar-refractivity contribution >= 4 is 7.82 Å². The molecule has 1 aromatic heterocycles. The van der Waals surface area contributed by atoms with Crippen molar-refractivity contribution in [3.05, 3.63) is 33.1 Å². The predicted molar refractivity (Wildman–Crippen MR) is 84.0 cm³/mol. The zero-order valence-corrected chi connectivity index (χ0v) is 14.8. The Bertz CT molecular complexity index is 740. The number of phosphoric acid groups is 1. The molecule has 4 unspecified atom stereocenters. The highest BCUT2D eigenvalue weighted by atomic mass is 31.2. The third-order valence-corrected chi connectivity index (χ3v) is 4.00. The molecule has 1 aliphatic heterocycles. The monoisotopic (exact) mass is 380 g/mol. The van der Waals surface area contributed by atoms with Crippen LogP contribution in [0.5, 0.6) is 0 Å². The largest absolute Gasteiger partial charge is 0.469 e. The van der Waals surface area contributed by atoms with Gasteiger partial charge in [0.2, 0.25) is 0 Å². The summed E-state index contributed by atoms with van der Waals surface area (Å²) in [7, 11) is -3.32. The molecule has 1 fully saturated rings. The minimum atomic E-state index is -4.71. The number of nitrogens with zero attached hydrogens (tertiary/aromatic N) is 1. The van der Waals surface area contributed by atoms with Crippen LogP contribution in [0.1, 0.15) is 20.1 Å². The first-order valence-corrected chi connectivity index (χ1v) is 9.00. The third kappa shape index (κ3) is 5.08. The van der Waals surface area contributed by atoms with E-state index in [0.29, 0.717) is 0 Å². The van der Waals surface area contributed by atoms with Gasteiger partial charge in [0.1, 0.15) is 18.3 Å². The van der Waals surface area contributed by atoms with E-state index in [1.807, 2.05) is 0 Å². The zero-order chi connectivity index (χ0) is 18.8. The third-order valence-electron chi connectivity index (χ3n) is 3.52. The Balaban J connectivity index is 2.32. The summed E-state index contributed by atoms with van der Waals surface area (Å²) in [4.78, 5) is 43.1. The van der Waals surface area contributed by atoms with E-state index < -0.39 is 50.2 Å². The van der Waals surface area contributed by atoms with Crippen LogP contribution in [0.15, 0.2) is 21.9 Å². The fourth-order valence-corrected chi connectivity index (χ4v) is 2.93. The molecule has 0 aliphatic carbocycles. The van der Waals surface area contributed by atoms with E-state index in [2.05, 4.69) is 9.51 Å². The van der Waals surface area contributed by atoms with Gasteiger partial charge in [-0.25, -0.2) is 9.36 Å². The van der Waals surface area contributed by atoms with Crippen LogP contribution in [-0.2, 0) is 23.3 Å². The minimum absolute atomic E-state index is 0.241. The van der Waals surface area contributed by atoms with E-state index in [4.69, 9.17) is 24.0 Å². The lowest BCUT2D eigenvalue weighted by Crippen LogP contribution is -2.41. The maximum atomic E-state index is 12.0. The van der Waals surface area contributed by atoms with E-state index >= 15 is 0 Å². The van der Waals surface area contributed by atoms with Crippen LogP contribution in [0.25, 0.3) is 0 Å². The van der Waals surface area contributed by atoms with Crippen molar-refractivity contribution in [2.75, 3.05) is 13.7 Å².